The van der Waals surface area contributed by atoms with Gasteiger partial charge < -0.3 is 15.0 Å². The molecule has 0 radical (unpaired) electrons. The predicted octanol–water partition coefficient (Wildman–Crippen LogP) is 6.72. The van der Waals surface area contributed by atoms with Gasteiger partial charge in [-0.3, -0.25) is 13.9 Å². The Hall–Kier alpha value is -4.28. The molecule has 0 aliphatic rings. The molecule has 0 aliphatic heterocycles. The molecule has 0 aromatic heterocycles. The molecule has 4 rings (SSSR count). The van der Waals surface area contributed by atoms with Crippen molar-refractivity contribution in [2.75, 3.05) is 30.3 Å². The number of amides is 2. The second kappa shape index (κ2) is 17.2. The van der Waals surface area contributed by atoms with Crippen LogP contribution in [0.1, 0.15) is 37.5 Å². The summed E-state index contributed by atoms with van der Waals surface area (Å²) in [5.41, 5.74) is 3.08. The van der Waals surface area contributed by atoms with Gasteiger partial charge in [-0.2, -0.15) is 0 Å². The van der Waals surface area contributed by atoms with E-state index in [1.807, 2.05) is 88.5 Å². The van der Waals surface area contributed by atoms with E-state index in [-0.39, 0.29) is 29.7 Å². The molecule has 4 aromatic carbocycles. The molecule has 0 bridgehead atoms. The SMILES string of the molecule is CCOc1ccc(N(CC(=O)N(Cc2ccc(C)cc2)C(Cc2ccccc2)C(=O)NCC(C)C)S(=O)(=O)c2ccc(SC)cc2)cc1. The molecule has 0 aliphatic carbocycles. The van der Waals surface area contributed by atoms with Gasteiger partial charge in [0.2, 0.25) is 11.8 Å². The molecule has 1 atom stereocenters. The summed E-state index contributed by atoms with van der Waals surface area (Å²) < 4.78 is 35.3. The summed E-state index contributed by atoms with van der Waals surface area (Å²) in [6, 6.07) is 29.6. The van der Waals surface area contributed by atoms with Crippen LogP contribution in [0.5, 0.6) is 5.75 Å². The molecule has 48 heavy (non-hydrogen) atoms. The molecule has 10 heteroatoms. The summed E-state index contributed by atoms with van der Waals surface area (Å²) in [5, 5.41) is 3.02. The van der Waals surface area contributed by atoms with E-state index in [2.05, 4.69) is 5.32 Å². The van der Waals surface area contributed by atoms with Gasteiger partial charge in [-0.15, -0.1) is 11.8 Å². The molecule has 1 unspecified atom stereocenters. The standard InChI is InChI=1S/C38H45N3O5S2/c1-6-46-33-18-16-32(17-19-33)41(48(44,45)35-22-20-34(47-5)21-23-35)27-37(42)40(26-31-14-12-29(4)13-15-31)36(38(43)39-25-28(2)3)24-30-10-8-7-9-11-30/h7-23,28,36H,6,24-27H2,1-5H3,(H,39,43). The number of thioether (sulfide) groups is 1. The van der Waals surface area contributed by atoms with Crippen LogP contribution in [0.2, 0.25) is 0 Å². The fraction of sp³-hybridized carbons (Fsp3) is 0.316. The third-order valence-electron chi connectivity index (χ3n) is 7.79. The van der Waals surface area contributed by atoms with Gasteiger partial charge in [-0.25, -0.2) is 8.42 Å². The van der Waals surface area contributed by atoms with E-state index in [0.29, 0.717) is 24.6 Å². The Labute approximate surface area is 289 Å². The minimum absolute atomic E-state index is 0.0579. The minimum Gasteiger partial charge on any atom is -0.494 e. The molecule has 2 amide bonds. The minimum atomic E-state index is -4.20. The molecule has 0 spiro atoms. The molecular weight excluding hydrogens is 643 g/mol. The van der Waals surface area contributed by atoms with E-state index in [1.165, 1.54) is 16.7 Å². The normalized spacial score (nSPS) is 12.0. The van der Waals surface area contributed by atoms with Crippen LogP contribution in [0, 0.1) is 12.8 Å². The first kappa shape index (κ1) is 36.6. The number of anilines is 1. The molecule has 254 valence electrons. The Morgan fingerprint density at radius 1 is 0.854 bits per heavy atom. The first-order chi connectivity index (χ1) is 23.0. The lowest BCUT2D eigenvalue weighted by molar-refractivity contribution is -0.140. The molecule has 1 N–H and O–H groups in total. The van der Waals surface area contributed by atoms with Crippen molar-refractivity contribution < 1.29 is 22.7 Å². The topological polar surface area (TPSA) is 96.0 Å². The number of nitrogens with one attached hydrogen (secondary N) is 1. The lowest BCUT2D eigenvalue weighted by Crippen LogP contribution is -2.53. The van der Waals surface area contributed by atoms with Crippen molar-refractivity contribution in [2.24, 2.45) is 5.92 Å². The van der Waals surface area contributed by atoms with Crippen LogP contribution in [0.4, 0.5) is 5.69 Å². The van der Waals surface area contributed by atoms with Crippen molar-refractivity contribution in [3.63, 3.8) is 0 Å². The van der Waals surface area contributed by atoms with Crippen LogP contribution in [-0.4, -0.2) is 57.1 Å². The van der Waals surface area contributed by atoms with Crippen LogP contribution in [0.15, 0.2) is 113 Å². The lowest BCUT2D eigenvalue weighted by Gasteiger charge is -2.34. The van der Waals surface area contributed by atoms with E-state index >= 15 is 0 Å². The Morgan fingerprint density at radius 2 is 1.50 bits per heavy atom. The summed E-state index contributed by atoms with van der Waals surface area (Å²) in [5.74, 6) is -0.0177. The monoisotopic (exact) mass is 687 g/mol. The third kappa shape index (κ3) is 9.87. The number of rotatable bonds is 16. The zero-order chi connectivity index (χ0) is 34.7. The summed E-state index contributed by atoms with van der Waals surface area (Å²) >= 11 is 1.51. The Kier molecular flexibility index (Phi) is 13.1. The van der Waals surface area contributed by atoms with Crippen molar-refractivity contribution in [1.82, 2.24) is 10.2 Å². The van der Waals surface area contributed by atoms with Crippen molar-refractivity contribution >= 4 is 39.3 Å². The average molecular weight is 688 g/mol. The second-order valence-electron chi connectivity index (χ2n) is 12.0. The van der Waals surface area contributed by atoms with Crippen LogP contribution >= 0.6 is 11.8 Å². The summed E-state index contributed by atoms with van der Waals surface area (Å²) in [4.78, 5) is 31.0. The maximum atomic E-state index is 14.6. The number of hydrogen-bond acceptors (Lipinski definition) is 6. The van der Waals surface area contributed by atoms with E-state index in [1.54, 1.807) is 48.5 Å². The van der Waals surface area contributed by atoms with E-state index in [9.17, 15) is 18.0 Å². The number of sulfonamides is 1. The number of nitrogens with zero attached hydrogens (tertiary/aromatic N) is 2. The van der Waals surface area contributed by atoms with E-state index in [0.717, 1.165) is 25.9 Å². The maximum Gasteiger partial charge on any atom is 0.264 e. The predicted molar refractivity (Wildman–Crippen MR) is 194 cm³/mol. The summed E-state index contributed by atoms with van der Waals surface area (Å²) in [6.07, 6.45) is 2.18. The van der Waals surface area contributed by atoms with Gasteiger partial charge in [0.15, 0.2) is 0 Å². The van der Waals surface area contributed by atoms with Crippen LogP contribution in [0.3, 0.4) is 0 Å². The van der Waals surface area contributed by atoms with Crippen molar-refractivity contribution in [3.8, 4) is 5.75 Å². The smallest absolute Gasteiger partial charge is 0.264 e. The first-order valence-electron chi connectivity index (χ1n) is 16.1. The zero-order valence-electron chi connectivity index (χ0n) is 28.3. The van der Waals surface area contributed by atoms with Gasteiger partial charge in [-0.05, 0) is 85.7 Å². The molecule has 0 saturated heterocycles. The number of benzene rings is 4. The van der Waals surface area contributed by atoms with E-state index < -0.39 is 28.5 Å². The van der Waals surface area contributed by atoms with Crippen molar-refractivity contribution in [2.45, 2.75) is 56.5 Å². The molecule has 8 nitrogen and oxygen atoms in total. The zero-order valence-corrected chi connectivity index (χ0v) is 29.9. The Morgan fingerprint density at radius 3 is 2.08 bits per heavy atom. The molecule has 4 aromatic rings. The maximum absolute atomic E-state index is 14.6. The molecule has 0 heterocycles. The summed E-state index contributed by atoms with van der Waals surface area (Å²) in [7, 11) is -4.20. The van der Waals surface area contributed by atoms with Gasteiger partial charge in [0.1, 0.15) is 18.3 Å². The quantitative estimate of drug-likeness (QED) is 0.131. The fourth-order valence-corrected chi connectivity index (χ4v) is 6.97. The number of aryl methyl sites for hydroxylation is 1. The fourth-order valence-electron chi connectivity index (χ4n) is 5.15. The van der Waals surface area contributed by atoms with Crippen LogP contribution in [0.25, 0.3) is 0 Å². The molecule has 0 saturated carbocycles. The Balaban J connectivity index is 1.79. The first-order valence-corrected chi connectivity index (χ1v) is 18.7. The highest BCUT2D eigenvalue weighted by molar-refractivity contribution is 7.98. The molecule has 0 fully saturated rings. The highest BCUT2D eigenvalue weighted by Gasteiger charge is 2.34. The van der Waals surface area contributed by atoms with Crippen LogP contribution in [-0.2, 0) is 32.6 Å². The van der Waals surface area contributed by atoms with Gasteiger partial charge in [0.25, 0.3) is 10.0 Å². The number of carbonyl (C=O) groups is 2. The highest BCUT2D eigenvalue weighted by atomic mass is 32.2. The highest BCUT2D eigenvalue weighted by Crippen LogP contribution is 2.28. The summed E-state index contributed by atoms with van der Waals surface area (Å²) in [6.45, 7) is 8.36. The molecular formula is C38H45N3O5S2. The lowest BCUT2D eigenvalue weighted by atomic mass is 10.0. The average Bonchev–Trinajstić information content (AvgIpc) is 3.09. The third-order valence-corrected chi connectivity index (χ3v) is 10.3. The number of carbonyl (C=O) groups excluding carboxylic acids is 2. The Bertz CT molecular complexity index is 1730. The van der Waals surface area contributed by atoms with E-state index in [4.69, 9.17) is 4.74 Å². The van der Waals surface area contributed by atoms with Crippen molar-refractivity contribution in [3.05, 3.63) is 120 Å². The van der Waals surface area contributed by atoms with Gasteiger partial charge in [0, 0.05) is 24.4 Å². The van der Waals surface area contributed by atoms with Crippen LogP contribution < -0.4 is 14.4 Å². The second-order valence-corrected chi connectivity index (χ2v) is 14.7. The van der Waals surface area contributed by atoms with Crippen molar-refractivity contribution in [1.29, 1.82) is 0 Å². The van der Waals surface area contributed by atoms with Gasteiger partial charge in [0.05, 0.1) is 17.2 Å². The van der Waals surface area contributed by atoms with Gasteiger partial charge in [-0.1, -0.05) is 74.0 Å². The largest absolute Gasteiger partial charge is 0.494 e. The number of ether oxygens (including phenoxy) is 1. The van der Waals surface area contributed by atoms with Gasteiger partial charge >= 0.3 is 0 Å². The number of hydrogen-bond donors (Lipinski definition) is 1.